The molecule has 2 aromatic carbocycles. The molecule has 1 aromatic heterocycles. The molecule has 31 heavy (non-hydrogen) atoms. The van der Waals surface area contributed by atoms with Gasteiger partial charge in [0.15, 0.2) is 5.13 Å². The van der Waals surface area contributed by atoms with Crippen molar-refractivity contribution in [3.05, 3.63) is 70.2 Å². The summed E-state index contributed by atoms with van der Waals surface area (Å²) in [5.41, 5.74) is 2.07. The monoisotopic (exact) mass is 458 g/mol. The number of nitrogens with one attached hydrogen (secondary N) is 3. The number of hydrogen-bond donors (Lipinski definition) is 3. The number of benzene rings is 2. The molecule has 160 valence electrons. The zero-order chi connectivity index (χ0) is 22.2. The number of carbonyl (C=O) groups excluding carboxylic acids is 3. The number of ether oxygens (including phenoxy) is 1. The minimum atomic E-state index is -0.450. The van der Waals surface area contributed by atoms with Gasteiger partial charge >= 0.3 is 12.0 Å². The Balaban J connectivity index is 1.49. The molecule has 0 unspecified atom stereocenters. The van der Waals surface area contributed by atoms with Crippen LogP contribution in [0.4, 0.5) is 21.3 Å². The van der Waals surface area contributed by atoms with E-state index in [0.29, 0.717) is 39.4 Å². The summed E-state index contributed by atoms with van der Waals surface area (Å²) < 4.78 is 4.92. The zero-order valence-electron chi connectivity index (χ0n) is 16.5. The lowest BCUT2D eigenvalue weighted by atomic mass is 10.2. The molecule has 0 saturated heterocycles. The minimum Gasteiger partial charge on any atom is -0.462 e. The van der Waals surface area contributed by atoms with E-state index >= 15 is 0 Å². The maximum Gasteiger partial charge on any atom is 0.338 e. The number of nitrogens with zero attached hydrogens (tertiary/aromatic N) is 1. The first-order valence-electron chi connectivity index (χ1n) is 9.28. The van der Waals surface area contributed by atoms with E-state index in [1.165, 1.54) is 11.3 Å². The van der Waals surface area contributed by atoms with Crippen molar-refractivity contribution in [1.82, 2.24) is 4.98 Å². The van der Waals surface area contributed by atoms with E-state index in [2.05, 4.69) is 20.9 Å². The first-order chi connectivity index (χ1) is 14.9. The summed E-state index contributed by atoms with van der Waals surface area (Å²) >= 11 is 7.03. The standard InChI is InChI=1S/C21H19ClN4O4S/c1-2-30-19(28)13-3-7-15(8-4-13)23-18(27)11-17-12-31-21(25-17)26-20(29)24-16-9-5-14(22)6-10-16/h3-10,12H,2,11H2,1H3,(H,23,27)(H2,24,25,26,29). The number of amides is 3. The highest BCUT2D eigenvalue weighted by molar-refractivity contribution is 7.14. The third-order valence-corrected chi connectivity index (χ3v) is 4.95. The Morgan fingerprint density at radius 1 is 0.968 bits per heavy atom. The second-order valence-electron chi connectivity index (χ2n) is 6.25. The number of rotatable bonds is 7. The van der Waals surface area contributed by atoms with Gasteiger partial charge in [0.2, 0.25) is 5.91 Å². The van der Waals surface area contributed by atoms with Gasteiger partial charge in [-0.2, -0.15) is 0 Å². The van der Waals surface area contributed by atoms with Gasteiger partial charge in [-0.25, -0.2) is 14.6 Å². The Morgan fingerprint density at radius 2 is 1.61 bits per heavy atom. The Bertz CT molecular complexity index is 1070. The average molecular weight is 459 g/mol. The summed E-state index contributed by atoms with van der Waals surface area (Å²) in [4.78, 5) is 40.2. The Kier molecular flexibility index (Phi) is 7.58. The SMILES string of the molecule is CCOC(=O)c1ccc(NC(=O)Cc2csc(NC(=O)Nc3ccc(Cl)cc3)n2)cc1. The largest absolute Gasteiger partial charge is 0.462 e. The van der Waals surface area contributed by atoms with E-state index in [0.717, 1.165) is 0 Å². The normalized spacial score (nSPS) is 10.3. The number of urea groups is 1. The maximum atomic E-state index is 12.3. The van der Waals surface area contributed by atoms with Gasteiger partial charge in [-0.3, -0.25) is 10.1 Å². The van der Waals surface area contributed by atoms with Gasteiger partial charge in [0.1, 0.15) is 0 Å². The van der Waals surface area contributed by atoms with E-state index < -0.39 is 12.0 Å². The van der Waals surface area contributed by atoms with Gasteiger partial charge in [0, 0.05) is 21.8 Å². The van der Waals surface area contributed by atoms with Crippen molar-refractivity contribution < 1.29 is 19.1 Å². The van der Waals surface area contributed by atoms with Crippen LogP contribution in [-0.4, -0.2) is 29.5 Å². The molecule has 0 saturated carbocycles. The van der Waals surface area contributed by atoms with Crippen molar-refractivity contribution in [2.24, 2.45) is 0 Å². The Hall–Kier alpha value is -3.43. The lowest BCUT2D eigenvalue weighted by Crippen LogP contribution is -2.19. The molecule has 1 heterocycles. The van der Waals surface area contributed by atoms with Crippen LogP contribution in [0.15, 0.2) is 53.9 Å². The summed E-state index contributed by atoms with van der Waals surface area (Å²) in [6, 6.07) is 12.7. The predicted molar refractivity (Wildman–Crippen MR) is 121 cm³/mol. The van der Waals surface area contributed by atoms with Gasteiger partial charge in [-0.05, 0) is 55.5 Å². The Labute approximate surface area is 187 Å². The van der Waals surface area contributed by atoms with Crippen LogP contribution in [0.3, 0.4) is 0 Å². The molecule has 0 aliphatic heterocycles. The molecule has 0 bridgehead atoms. The second kappa shape index (κ2) is 10.6. The molecular formula is C21H19ClN4O4S. The van der Waals surface area contributed by atoms with Gasteiger partial charge in [-0.1, -0.05) is 11.6 Å². The molecule has 0 aliphatic rings. The van der Waals surface area contributed by atoms with Crippen LogP contribution in [0.5, 0.6) is 0 Å². The van der Waals surface area contributed by atoms with Crippen LogP contribution in [0.25, 0.3) is 0 Å². The van der Waals surface area contributed by atoms with Crippen molar-refractivity contribution in [2.75, 3.05) is 22.6 Å². The molecule has 0 atom stereocenters. The molecule has 0 fully saturated rings. The van der Waals surface area contributed by atoms with Crippen molar-refractivity contribution in [2.45, 2.75) is 13.3 Å². The fourth-order valence-electron chi connectivity index (χ4n) is 2.51. The van der Waals surface area contributed by atoms with Crippen LogP contribution in [-0.2, 0) is 16.0 Å². The van der Waals surface area contributed by atoms with Crippen LogP contribution < -0.4 is 16.0 Å². The second-order valence-corrected chi connectivity index (χ2v) is 7.55. The number of esters is 1. The number of hydrogen-bond acceptors (Lipinski definition) is 6. The third-order valence-electron chi connectivity index (χ3n) is 3.90. The Morgan fingerprint density at radius 3 is 2.29 bits per heavy atom. The molecule has 3 rings (SSSR count). The quantitative estimate of drug-likeness (QED) is 0.440. The highest BCUT2D eigenvalue weighted by Crippen LogP contribution is 2.18. The van der Waals surface area contributed by atoms with Crippen molar-refractivity contribution in [3.63, 3.8) is 0 Å². The van der Waals surface area contributed by atoms with Crippen molar-refractivity contribution in [1.29, 1.82) is 0 Å². The number of carbonyl (C=O) groups is 3. The minimum absolute atomic E-state index is 0.0383. The van der Waals surface area contributed by atoms with Crippen molar-refractivity contribution in [3.8, 4) is 0 Å². The lowest BCUT2D eigenvalue weighted by Gasteiger charge is -2.06. The number of halogens is 1. The molecule has 0 radical (unpaired) electrons. The van der Waals surface area contributed by atoms with E-state index in [4.69, 9.17) is 16.3 Å². The maximum absolute atomic E-state index is 12.3. The van der Waals surface area contributed by atoms with Crippen LogP contribution >= 0.6 is 22.9 Å². The van der Waals surface area contributed by atoms with E-state index in [9.17, 15) is 14.4 Å². The molecule has 0 spiro atoms. The lowest BCUT2D eigenvalue weighted by molar-refractivity contribution is -0.115. The van der Waals surface area contributed by atoms with Gasteiger partial charge in [0.05, 0.1) is 24.3 Å². The van der Waals surface area contributed by atoms with Crippen molar-refractivity contribution >= 4 is 57.4 Å². The summed E-state index contributed by atoms with van der Waals surface area (Å²) in [6.45, 7) is 2.03. The van der Waals surface area contributed by atoms with E-state index in [-0.39, 0.29) is 12.3 Å². The predicted octanol–water partition coefficient (Wildman–Crippen LogP) is 4.80. The molecule has 8 nitrogen and oxygen atoms in total. The van der Waals surface area contributed by atoms with Gasteiger partial charge < -0.3 is 15.4 Å². The van der Waals surface area contributed by atoms with Crippen LogP contribution in [0.1, 0.15) is 23.0 Å². The summed E-state index contributed by atoms with van der Waals surface area (Å²) in [5, 5.41) is 10.7. The number of aromatic nitrogens is 1. The van der Waals surface area contributed by atoms with E-state index in [1.807, 2.05) is 0 Å². The summed E-state index contributed by atoms with van der Waals surface area (Å²) in [7, 11) is 0. The number of anilines is 3. The first-order valence-corrected chi connectivity index (χ1v) is 10.5. The highest BCUT2D eigenvalue weighted by atomic mass is 35.5. The van der Waals surface area contributed by atoms with Crippen LogP contribution in [0, 0.1) is 0 Å². The van der Waals surface area contributed by atoms with Gasteiger partial charge in [-0.15, -0.1) is 11.3 Å². The molecule has 0 aliphatic carbocycles. The molecule has 3 N–H and O–H groups in total. The third kappa shape index (κ3) is 6.80. The molecule has 3 aromatic rings. The van der Waals surface area contributed by atoms with E-state index in [1.54, 1.807) is 60.8 Å². The fraction of sp³-hybridized carbons (Fsp3) is 0.143. The first kappa shape index (κ1) is 22.3. The summed E-state index contributed by atoms with van der Waals surface area (Å²) in [6.07, 6.45) is 0.0383. The fourth-order valence-corrected chi connectivity index (χ4v) is 3.34. The smallest absolute Gasteiger partial charge is 0.338 e. The highest BCUT2D eigenvalue weighted by Gasteiger charge is 2.11. The van der Waals surface area contributed by atoms with Gasteiger partial charge in [0.25, 0.3) is 0 Å². The topological polar surface area (TPSA) is 109 Å². The number of thiazole rings is 1. The average Bonchev–Trinajstić information content (AvgIpc) is 3.16. The molecule has 10 heteroatoms. The summed E-state index contributed by atoms with van der Waals surface area (Å²) in [5.74, 6) is -0.686. The van der Waals surface area contributed by atoms with Crippen LogP contribution in [0.2, 0.25) is 5.02 Å². The molecular weight excluding hydrogens is 440 g/mol. The zero-order valence-corrected chi connectivity index (χ0v) is 18.0. The molecule has 3 amide bonds.